The molecule has 1 saturated heterocycles. The summed E-state index contributed by atoms with van der Waals surface area (Å²) in [4.78, 5) is 2.50. The predicted octanol–water partition coefficient (Wildman–Crippen LogP) is 3.60. The summed E-state index contributed by atoms with van der Waals surface area (Å²) in [7, 11) is 0. The van der Waals surface area contributed by atoms with Crippen molar-refractivity contribution < 1.29 is 5.11 Å². The molecule has 116 valence electrons. The van der Waals surface area contributed by atoms with Gasteiger partial charge in [0.25, 0.3) is 0 Å². The predicted molar refractivity (Wildman–Crippen MR) is 90.8 cm³/mol. The molecule has 1 fully saturated rings. The summed E-state index contributed by atoms with van der Waals surface area (Å²) in [5, 5.41) is 10.9. The lowest BCUT2D eigenvalue weighted by Crippen LogP contribution is -2.46. The molecule has 0 spiro atoms. The first-order valence-corrected chi connectivity index (χ1v) is 8.23. The Morgan fingerprint density at radius 1 is 0.955 bits per heavy atom. The highest BCUT2D eigenvalue weighted by atomic mass is 16.3. The fraction of sp³-hybridized carbons (Fsp3) is 0.400. The molecule has 22 heavy (non-hydrogen) atoms. The van der Waals surface area contributed by atoms with E-state index in [0.29, 0.717) is 6.04 Å². The smallest absolute Gasteiger partial charge is 0.0920 e. The molecule has 1 aliphatic heterocycles. The Hall–Kier alpha value is -1.64. The van der Waals surface area contributed by atoms with E-state index in [2.05, 4.69) is 42.2 Å². The number of nitrogens with zero attached hydrogens (tertiary/aromatic N) is 1. The number of likely N-dealkylation sites (tertiary alicyclic amines) is 1. The number of aliphatic hydroxyl groups is 1. The second-order valence-corrected chi connectivity index (χ2v) is 6.47. The van der Waals surface area contributed by atoms with Gasteiger partial charge >= 0.3 is 0 Å². The summed E-state index contributed by atoms with van der Waals surface area (Å²) < 4.78 is 0. The largest absolute Gasteiger partial charge is 0.385 e. The van der Waals surface area contributed by atoms with Crippen LogP contribution in [0.5, 0.6) is 0 Å². The van der Waals surface area contributed by atoms with Crippen LogP contribution < -0.4 is 0 Å². The summed E-state index contributed by atoms with van der Waals surface area (Å²) in [5.74, 6) is 0. The topological polar surface area (TPSA) is 23.5 Å². The summed E-state index contributed by atoms with van der Waals surface area (Å²) in [6.45, 7) is 4.21. The lowest BCUT2D eigenvalue weighted by atomic mass is 9.84. The number of hydrogen-bond donors (Lipinski definition) is 1. The van der Waals surface area contributed by atoms with Gasteiger partial charge in [-0.15, -0.1) is 0 Å². The average molecular weight is 295 g/mol. The van der Waals surface area contributed by atoms with Gasteiger partial charge in [-0.05, 0) is 37.3 Å². The molecule has 2 heteroatoms. The normalized spacial score (nSPS) is 19.7. The molecule has 2 nitrogen and oxygen atoms in total. The number of piperidine rings is 1. The maximum atomic E-state index is 10.9. The molecule has 0 unspecified atom stereocenters. The van der Waals surface area contributed by atoms with Crippen LogP contribution in [0.25, 0.3) is 0 Å². The van der Waals surface area contributed by atoms with Gasteiger partial charge in [0, 0.05) is 19.1 Å². The minimum Gasteiger partial charge on any atom is -0.385 e. The standard InChI is InChI=1S/C20H25NO/c1-17(16-18-8-4-2-5-9-18)21-14-12-20(22,13-15-21)19-10-6-3-7-11-19/h2-11,17,22H,12-16H2,1H3/t17-/m0/s1. The van der Waals surface area contributed by atoms with Gasteiger partial charge in [-0.3, -0.25) is 0 Å². The Labute approximate surface area is 133 Å². The minimum atomic E-state index is -0.649. The number of hydrogen-bond acceptors (Lipinski definition) is 2. The van der Waals surface area contributed by atoms with Crippen molar-refractivity contribution >= 4 is 0 Å². The van der Waals surface area contributed by atoms with Crippen molar-refractivity contribution in [3.63, 3.8) is 0 Å². The van der Waals surface area contributed by atoms with Crippen LogP contribution in [-0.2, 0) is 12.0 Å². The van der Waals surface area contributed by atoms with E-state index in [1.165, 1.54) is 5.56 Å². The van der Waals surface area contributed by atoms with Gasteiger partial charge in [-0.2, -0.15) is 0 Å². The van der Waals surface area contributed by atoms with Crippen LogP contribution in [0.1, 0.15) is 30.9 Å². The Balaban J connectivity index is 1.59. The maximum absolute atomic E-state index is 10.9. The van der Waals surface area contributed by atoms with E-state index in [9.17, 15) is 5.11 Å². The molecule has 0 bridgehead atoms. The first kappa shape index (κ1) is 15.3. The zero-order chi connectivity index (χ0) is 15.4. The van der Waals surface area contributed by atoms with Crippen molar-refractivity contribution in [2.45, 2.75) is 37.8 Å². The molecule has 1 heterocycles. The molecule has 0 radical (unpaired) electrons. The SMILES string of the molecule is C[C@@H](Cc1ccccc1)N1CCC(O)(c2ccccc2)CC1. The van der Waals surface area contributed by atoms with E-state index in [1.807, 2.05) is 30.3 Å². The third-order valence-corrected chi connectivity index (χ3v) is 4.93. The first-order valence-electron chi connectivity index (χ1n) is 8.23. The van der Waals surface area contributed by atoms with E-state index in [0.717, 1.165) is 37.9 Å². The highest BCUT2D eigenvalue weighted by molar-refractivity contribution is 5.23. The molecule has 0 saturated carbocycles. The molecule has 3 rings (SSSR count). The molecule has 2 aromatic carbocycles. The Bertz CT molecular complexity index is 573. The van der Waals surface area contributed by atoms with Crippen LogP contribution in [0.3, 0.4) is 0 Å². The van der Waals surface area contributed by atoms with Crippen LogP contribution in [0.2, 0.25) is 0 Å². The highest BCUT2D eigenvalue weighted by Gasteiger charge is 2.34. The highest BCUT2D eigenvalue weighted by Crippen LogP contribution is 2.33. The van der Waals surface area contributed by atoms with Crippen molar-refractivity contribution in [1.82, 2.24) is 4.90 Å². The lowest BCUT2D eigenvalue weighted by molar-refractivity contribution is -0.0339. The van der Waals surface area contributed by atoms with Crippen LogP contribution >= 0.6 is 0 Å². The Morgan fingerprint density at radius 2 is 1.50 bits per heavy atom. The quantitative estimate of drug-likeness (QED) is 0.931. The van der Waals surface area contributed by atoms with Crippen molar-refractivity contribution in [1.29, 1.82) is 0 Å². The third kappa shape index (κ3) is 3.40. The van der Waals surface area contributed by atoms with E-state index in [4.69, 9.17) is 0 Å². The fourth-order valence-electron chi connectivity index (χ4n) is 3.46. The number of benzene rings is 2. The van der Waals surface area contributed by atoms with Gasteiger partial charge in [0.15, 0.2) is 0 Å². The summed E-state index contributed by atoms with van der Waals surface area (Å²) in [5.41, 5.74) is 1.80. The molecule has 2 aromatic rings. The van der Waals surface area contributed by atoms with Crippen molar-refractivity contribution in [3.8, 4) is 0 Å². The van der Waals surface area contributed by atoms with E-state index >= 15 is 0 Å². The van der Waals surface area contributed by atoms with Crippen LogP contribution in [0.15, 0.2) is 60.7 Å². The van der Waals surface area contributed by atoms with Gasteiger partial charge in [0.05, 0.1) is 5.60 Å². The third-order valence-electron chi connectivity index (χ3n) is 4.93. The minimum absolute atomic E-state index is 0.516. The Morgan fingerprint density at radius 3 is 2.09 bits per heavy atom. The summed E-state index contributed by atoms with van der Waals surface area (Å²) in [6.07, 6.45) is 2.71. The Kier molecular flexibility index (Phi) is 4.60. The summed E-state index contributed by atoms with van der Waals surface area (Å²) in [6, 6.07) is 21.3. The average Bonchev–Trinajstić information content (AvgIpc) is 2.57. The molecule has 0 amide bonds. The summed E-state index contributed by atoms with van der Waals surface area (Å²) >= 11 is 0. The lowest BCUT2D eigenvalue weighted by Gasteiger charge is -2.41. The van der Waals surface area contributed by atoms with Crippen molar-refractivity contribution in [2.24, 2.45) is 0 Å². The molecule has 0 aliphatic carbocycles. The first-order chi connectivity index (χ1) is 10.7. The zero-order valence-electron chi connectivity index (χ0n) is 13.3. The maximum Gasteiger partial charge on any atom is 0.0920 e. The second-order valence-electron chi connectivity index (χ2n) is 6.47. The van der Waals surface area contributed by atoms with Gasteiger partial charge in [0.2, 0.25) is 0 Å². The van der Waals surface area contributed by atoms with Gasteiger partial charge < -0.3 is 10.0 Å². The van der Waals surface area contributed by atoms with Gasteiger partial charge in [-0.1, -0.05) is 60.7 Å². The molecule has 0 aromatic heterocycles. The second kappa shape index (κ2) is 6.64. The molecule has 1 N–H and O–H groups in total. The molecular weight excluding hydrogens is 270 g/mol. The number of rotatable bonds is 4. The monoisotopic (exact) mass is 295 g/mol. The van der Waals surface area contributed by atoms with E-state index < -0.39 is 5.60 Å². The van der Waals surface area contributed by atoms with Crippen LogP contribution in [0.4, 0.5) is 0 Å². The van der Waals surface area contributed by atoms with Crippen molar-refractivity contribution in [2.75, 3.05) is 13.1 Å². The van der Waals surface area contributed by atoms with Gasteiger partial charge in [0.1, 0.15) is 0 Å². The van der Waals surface area contributed by atoms with Crippen molar-refractivity contribution in [3.05, 3.63) is 71.8 Å². The van der Waals surface area contributed by atoms with Crippen LogP contribution in [0, 0.1) is 0 Å². The van der Waals surface area contributed by atoms with E-state index in [-0.39, 0.29) is 0 Å². The molecular formula is C20H25NO. The molecule has 1 aliphatic rings. The van der Waals surface area contributed by atoms with Crippen LogP contribution in [-0.4, -0.2) is 29.1 Å². The fourth-order valence-corrected chi connectivity index (χ4v) is 3.46. The van der Waals surface area contributed by atoms with E-state index in [1.54, 1.807) is 0 Å². The molecule has 1 atom stereocenters. The zero-order valence-corrected chi connectivity index (χ0v) is 13.3. The van der Waals surface area contributed by atoms with Gasteiger partial charge in [-0.25, -0.2) is 0 Å².